The van der Waals surface area contributed by atoms with Crippen molar-refractivity contribution in [3.05, 3.63) is 35.9 Å². The van der Waals surface area contributed by atoms with Crippen LogP contribution in [0.25, 0.3) is 0 Å². The van der Waals surface area contributed by atoms with Gasteiger partial charge in [-0.05, 0) is 43.6 Å². The maximum Gasteiger partial charge on any atom is 0.303 e. The van der Waals surface area contributed by atoms with E-state index < -0.39 is 28.1 Å². The number of hydrogen-bond acceptors (Lipinski definition) is 6. The summed E-state index contributed by atoms with van der Waals surface area (Å²) in [6.45, 7) is 1.54. The largest absolute Gasteiger partial charge is 0.456 e. The molecule has 9 heteroatoms. The first-order valence-corrected chi connectivity index (χ1v) is 12.7. The zero-order chi connectivity index (χ0) is 22.4. The first kappa shape index (κ1) is 23.7. The van der Waals surface area contributed by atoms with Crippen LogP contribution in [0, 0.1) is 0 Å². The molecule has 0 aromatic heterocycles. The molecule has 0 radical (unpaired) electrons. The molecule has 172 valence electrons. The van der Waals surface area contributed by atoms with Crippen molar-refractivity contribution in [3.8, 4) is 0 Å². The molecule has 1 saturated carbocycles. The van der Waals surface area contributed by atoms with Gasteiger partial charge in [0.25, 0.3) is 5.91 Å². The van der Waals surface area contributed by atoms with Gasteiger partial charge in [0.05, 0.1) is 25.0 Å². The molecule has 1 heterocycles. The molecule has 3 rings (SSSR count). The van der Waals surface area contributed by atoms with E-state index in [1.165, 1.54) is 12.5 Å². The lowest BCUT2D eigenvalue weighted by molar-refractivity contribution is -0.151. The number of rotatable bonds is 8. The van der Waals surface area contributed by atoms with Crippen molar-refractivity contribution < 1.29 is 27.5 Å². The molecule has 2 atom stereocenters. The zero-order valence-electron chi connectivity index (χ0n) is 18.2. The molecule has 0 spiro atoms. The zero-order valence-corrected chi connectivity index (χ0v) is 19.0. The van der Waals surface area contributed by atoms with Crippen molar-refractivity contribution in [1.29, 1.82) is 0 Å². The van der Waals surface area contributed by atoms with Crippen LogP contribution in [-0.4, -0.2) is 69.4 Å². The van der Waals surface area contributed by atoms with Crippen molar-refractivity contribution in [2.24, 2.45) is 0 Å². The minimum Gasteiger partial charge on any atom is -0.456 e. The molecule has 8 nitrogen and oxygen atoms in total. The summed E-state index contributed by atoms with van der Waals surface area (Å²) < 4.78 is 37.2. The van der Waals surface area contributed by atoms with Gasteiger partial charge in [-0.3, -0.25) is 9.59 Å². The quantitative estimate of drug-likeness (QED) is 0.604. The highest BCUT2D eigenvalue weighted by Gasteiger charge is 2.39. The van der Waals surface area contributed by atoms with Gasteiger partial charge in [-0.1, -0.05) is 30.3 Å². The Morgan fingerprint density at radius 3 is 2.39 bits per heavy atom. The first-order chi connectivity index (χ1) is 14.7. The Balaban J connectivity index is 1.57. The second kappa shape index (κ2) is 10.6. The van der Waals surface area contributed by atoms with E-state index in [1.54, 1.807) is 4.90 Å². The summed E-state index contributed by atoms with van der Waals surface area (Å²) in [4.78, 5) is 25.2. The van der Waals surface area contributed by atoms with Crippen LogP contribution in [0.1, 0.15) is 50.5 Å². The molecule has 1 aliphatic carbocycles. The van der Waals surface area contributed by atoms with E-state index in [0.717, 1.165) is 31.9 Å². The molecular formula is C22H32N2O6S. The molecule has 1 aliphatic heterocycles. The number of nitrogens with one attached hydrogen (secondary N) is 1. The third kappa shape index (κ3) is 7.02. The summed E-state index contributed by atoms with van der Waals surface area (Å²) in [7, 11) is -3.43. The lowest BCUT2D eigenvalue weighted by Crippen LogP contribution is -2.50. The summed E-state index contributed by atoms with van der Waals surface area (Å²) in [5, 5.41) is 0. The summed E-state index contributed by atoms with van der Waals surface area (Å²) >= 11 is 0. The lowest BCUT2D eigenvalue weighted by atomic mass is 9.83. The Morgan fingerprint density at radius 2 is 1.77 bits per heavy atom. The van der Waals surface area contributed by atoms with Gasteiger partial charge >= 0.3 is 5.97 Å². The second-order valence-electron chi connectivity index (χ2n) is 8.44. The Bertz CT molecular complexity index is 852. The maximum absolute atomic E-state index is 12.5. The monoisotopic (exact) mass is 452 g/mol. The van der Waals surface area contributed by atoms with Crippen LogP contribution in [0.15, 0.2) is 30.3 Å². The van der Waals surface area contributed by atoms with Crippen molar-refractivity contribution in [2.75, 3.05) is 26.0 Å². The van der Waals surface area contributed by atoms with Gasteiger partial charge in [-0.15, -0.1) is 0 Å². The highest BCUT2D eigenvalue weighted by Crippen LogP contribution is 2.34. The second-order valence-corrected chi connectivity index (χ2v) is 10.2. The molecule has 1 amide bonds. The van der Waals surface area contributed by atoms with Gasteiger partial charge < -0.3 is 14.4 Å². The number of ether oxygens (including phenoxy) is 2. The standard InChI is InChI=1S/C22H32N2O6S/c1-16(25)29-15-22(26)24-13-12-20(23-31(2,27)28)21(24)14-30-19-10-8-18(9-11-19)17-6-4-3-5-7-17/h3-7,18-21,23H,8-15H2,1-2H3/t18?,19?,20-,21?/m0/s1. The van der Waals surface area contributed by atoms with Gasteiger partial charge in [0.1, 0.15) is 0 Å². The third-order valence-corrected chi connectivity index (χ3v) is 6.81. The fraction of sp³-hybridized carbons (Fsp3) is 0.636. The average Bonchev–Trinajstić information content (AvgIpc) is 3.12. The highest BCUT2D eigenvalue weighted by molar-refractivity contribution is 7.88. The van der Waals surface area contributed by atoms with Crippen molar-refractivity contribution in [1.82, 2.24) is 9.62 Å². The van der Waals surface area contributed by atoms with Crippen molar-refractivity contribution >= 4 is 21.9 Å². The first-order valence-electron chi connectivity index (χ1n) is 10.8. The van der Waals surface area contributed by atoms with Crippen LogP contribution in [0.5, 0.6) is 0 Å². The molecule has 1 aromatic rings. The van der Waals surface area contributed by atoms with Crippen LogP contribution in [0.4, 0.5) is 0 Å². The minimum absolute atomic E-state index is 0.0878. The number of hydrogen-bond donors (Lipinski definition) is 1. The van der Waals surface area contributed by atoms with E-state index in [0.29, 0.717) is 18.9 Å². The summed E-state index contributed by atoms with van der Waals surface area (Å²) in [6.07, 6.45) is 5.63. The molecule has 1 aromatic carbocycles. The van der Waals surface area contributed by atoms with Crippen molar-refractivity contribution in [2.45, 2.75) is 63.1 Å². The smallest absolute Gasteiger partial charge is 0.303 e. The Morgan fingerprint density at radius 1 is 1.10 bits per heavy atom. The minimum atomic E-state index is -3.43. The molecule has 2 fully saturated rings. The van der Waals surface area contributed by atoms with Crippen LogP contribution < -0.4 is 4.72 Å². The molecule has 31 heavy (non-hydrogen) atoms. The van der Waals surface area contributed by atoms with E-state index in [4.69, 9.17) is 9.47 Å². The molecule has 1 unspecified atom stereocenters. The number of amides is 1. The van der Waals surface area contributed by atoms with Crippen molar-refractivity contribution in [3.63, 3.8) is 0 Å². The summed E-state index contributed by atoms with van der Waals surface area (Å²) in [6, 6.07) is 9.64. The number of likely N-dealkylation sites (tertiary alicyclic amines) is 1. The molecule has 2 aliphatic rings. The number of nitrogens with zero attached hydrogens (tertiary/aromatic N) is 1. The number of benzene rings is 1. The van der Waals surface area contributed by atoms with Gasteiger partial charge in [0.15, 0.2) is 6.61 Å². The topological polar surface area (TPSA) is 102 Å². The van der Waals surface area contributed by atoms with Crippen LogP contribution in [0.3, 0.4) is 0 Å². The van der Waals surface area contributed by atoms with E-state index in [-0.39, 0.29) is 25.2 Å². The Hall–Kier alpha value is -1.97. The molecule has 1 N–H and O–H groups in total. The predicted octanol–water partition coefficient (Wildman–Crippen LogP) is 1.81. The Labute approximate surface area is 184 Å². The van der Waals surface area contributed by atoms with E-state index in [2.05, 4.69) is 29.0 Å². The van der Waals surface area contributed by atoms with Gasteiger partial charge in [0.2, 0.25) is 10.0 Å². The highest BCUT2D eigenvalue weighted by atomic mass is 32.2. The normalized spacial score (nSPS) is 26.6. The average molecular weight is 453 g/mol. The maximum atomic E-state index is 12.5. The van der Waals surface area contributed by atoms with Gasteiger partial charge in [-0.2, -0.15) is 0 Å². The fourth-order valence-electron chi connectivity index (χ4n) is 4.55. The summed E-state index contributed by atoms with van der Waals surface area (Å²) in [5.74, 6) is -0.329. The lowest BCUT2D eigenvalue weighted by Gasteiger charge is -2.32. The SMILES string of the molecule is CC(=O)OCC(=O)N1CC[C@H](NS(C)(=O)=O)C1COC1CCC(c2ccccc2)CC1. The fourth-order valence-corrected chi connectivity index (χ4v) is 5.38. The van der Waals surface area contributed by atoms with E-state index >= 15 is 0 Å². The van der Waals surface area contributed by atoms with E-state index in [1.807, 2.05) is 6.07 Å². The summed E-state index contributed by atoms with van der Waals surface area (Å²) in [5.41, 5.74) is 1.36. The van der Waals surface area contributed by atoms with E-state index in [9.17, 15) is 18.0 Å². The number of esters is 1. The number of carbonyl (C=O) groups is 2. The number of carbonyl (C=O) groups excluding carboxylic acids is 2. The van der Waals surface area contributed by atoms with Gasteiger partial charge in [0, 0.05) is 19.5 Å². The number of sulfonamides is 1. The third-order valence-electron chi connectivity index (χ3n) is 6.08. The Kier molecular flexibility index (Phi) is 8.07. The molecule has 0 bridgehead atoms. The van der Waals surface area contributed by atoms with Crippen LogP contribution in [-0.2, 0) is 29.1 Å². The van der Waals surface area contributed by atoms with Crippen LogP contribution >= 0.6 is 0 Å². The molecule has 1 saturated heterocycles. The van der Waals surface area contributed by atoms with Crippen LogP contribution in [0.2, 0.25) is 0 Å². The predicted molar refractivity (Wildman–Crippen MR) is 116 cm³/mol. The van der Waals surface area contributed by atoms with Gasteiger partial charge in [-0.25, -0.2) is 13.1 Å². The molecular weight excluding hydrogens is 420 g/mol.